The van der Waals surface area contributed by atoms with Crippen LogP contribution in [0.15, 0.2) is 72.8 Å². The molecule has 3 N–H and O–H groups in total. The molecule has 3 aromatic carbocycles. The van der Waals surface area contributed by atoms with Crippen molar-refractivity contribution in [3.8, 4) is 11.5 Å². The van der Waals surface area contributed by atoms with Crippen LogP contribution in [0, 0.1) is 0 Å². The molecule has 0 bridgehead atoms. The molecule has 0 aliphatic rings. The zero-order valence-electron chi connectivity index (χ0n) is 18.9. The van der Waals surface area contributed by atoms with Crippen LogP contribution in [0.2, 0.25) is 0 Å². The molecule has 0 aliphatic carbocycles. The molecule has 1 atom stereocenters. The smallest absolute Gasteiger partial charge is 0.319 e. The van der Waals surface area contributed by atoms with Crippen molar-refractivity contribution in [3.63, 3.8) is 0 Å². The van der Waals surface area contributed by atoms with E-state index in [4.69, 9.17) is 9.47 Å². The van der Waals surface area contributed by atoms with E-state index in [1.54, 1.807) is 32.4 Å². The number of carbonyl (C=O) groups is 1. The van der Waals surface area contributed by atoms with Crippen LogP contribution in [0.3, 0.4) is 0 Å². The van der Waals surface area contributed by atoms with E-state index < -0.39 is 0 Å². The average molecular weight is 434 g/mol. The number of methoxy groups -OCH3 is 2. The molecule has 0 aromatic heterocycles. The summed E-state index contributed by atoms with van der Waals surface area (Å²) in [5.74, 6) is 1.21. The molecular formula is C26H31N3O3. The van der Waals surface area contributed by atoms with Gasteiger partial charge in [-0.15, -0.1) is 0 Å². The van der Waals surface area contributed by atoms with Crippen LogP contribution in [0.4, 0.5) is 10.5 Å². The predicted octanol–water partition coefficient (Wildman–Crippen LogP) is 5.28. The highest BCUT2D eigenvalue weighted by Gasteiger charge is 2.09. The maximum absolute atomic E-state index is 12.1. The van der Waals surface area contributed by atoms with Crippen LogP contribution in [0.25, 0.3) is 10.8 Å². The van der Waals surface area contributed by atoms with Crippen molar-refractivity contribution in [2.45, 2.75) is 19.4 Å². The first-order chi connectivity index (χ1) is 15.6. The minimum Gasteiger partial charge on any atom is -0.497 e. The molecule has 0 fully saturated rings. The summed E-state index contributed by atoms with van der Waals surface area (Å²) in [6.07, 6.45) is 4.91. The standard InChI is InChI=1S/C26H31N3O3/c1-19(22-13-9-11-20-10-5-6-12-23(20)22)27-16-7-4-8-17-28-26(30)29-24-15-14-21(31-2)18-25(24)32-3/h4-7,9-15,18-19,27H,8,16-17H2,1-3H3,(H2,28,29,30)/b7-4+/t19-/m1/s1. The zero-order chi connectivity index (χ0) is 22.8. The van der Waals surface area contributed by atoms with Gasteiger partial charge in [-0.2, -0.15) is 0 Å². The highest BCUT2D eigenvalue weighted by Crippen LogP contribution is 2.29. The Morgan fingerprint density at radius 3 is 2.62 bits per heavy atom. The monoisotopic (exact) mass is 433 g/mol. The number of nitrogens with one attached hydrogen (secondary N) is 3. The molecule has 3 rings (SSSR count). The summed E-state index contributed by atoms with van der Waals surface area (Å²) in [5, 5.41) is 11.7. The van der Waals surface area contributed by atoms with Crippen LogP contribution in [-0.2, 0) is 0 Å². The summed E-state index contributed by atoms with van der Waals surface area (Å²) >= 11 is 0. The second-order valence-electron chi connectivity index (χ2n) is 7.41. The molecule has 0 saturated heterocycles. The van der Waals surface area contributed by atoms with Crippen molar-refractivity contribution >= 4 is 22.5 Å². The maximum atomic E-state index is 12.1. The van der Waals surface area contributed by atoms with Gasteiger partial charge in [0.25, 0.3) is 0 Å². The van der Waals surface area contributed by atoms with E-state index in [0.29, 0.717) is 23.7 Å². The summed E-state index contributed by atoms with van der Waals surface area (Å²) < 4.78 is 10.5. The van der Waals surface area contributed by atoms with E-state index in [1.807, 2.05) is 0 Å². The summed E-state index contributed by atoms with van der Waals surface area (Å²) in [6.45, 7) is 3.48. The van der Waals surface area contributed by atoms with E-state index >= 15 is 0 Å². The third-order valence-corrected chi connectivity index (χ3v) is 5.25. The quantitative estimate of drug-likeness (QED) is 0.301. The lowest BCUT2D eigenvalue weighted by Crippen LogP contribution is -2.29. The SMILES string of the molecule is COc1ccc(NC(=O)NCC/C=C/CN[C@H](C)c2cccc3ccccc23)c(OC)c1. The van der Waals surface area contributed by atoms with Gasteiger partial charge in [0, 0.05) is 25.2 Å². The summed E-state index contributed by atoms with van der Waals surface area (Å²) in [6, 6.07) is 20.1. The van der Waals surface area contributed by atoms with Crippen LogP contribution < -0.4 is 25.4 Å². The van der Waals surface area contributed by atoms with E-state index in [0.717, 1.165) is 13.0 Å². The van der Waals surface area contributed by atoms with E-state index in [2.05, 4.69) is 77.5 Å². The number of anilines is 1. The highest BCUT2D eigenvalue weighted by atomic mass is 16.5. The molecule has 32 heavy (non-hydrogen) atoms. The van der Waals surface area contributed by atoms with Crippen molar-refractivity contribution in [1.82, 2.24) is 10.6 Å². The number of fused-ring (bicyclic) bond motifs is 1. The van der Waals surface area contributed by atoms with Gasteiger partial charge in [0.1, 0.15) is 11.5 Å². The second-order valence-corrected chi connectivity index (χ2v) is 7.41. The Morgan fingerprint density at radius 1 is 1.00 bits per heavy atom. The molecule has 168 valence electrons. The lowest BCUT2D eigenvalue weighted by atomic mass is 10.00. The first-order valence-corrected chi connectivity index (χ1v) is 10.7. The van der Waals surface area contributed by atoms with Gasteiger partial charge in [-0.1, -0.05) is 54.6 Å². The Morgan fingerprint density at radius 2 is 1.81 bits per heavy atom. The summed E-state index contributed by atoms with van der Waals surface area (Å²) in [7, 11) is 3.14. The Bertz CT molecular complexity index is 1060. The van der Waals surface area contributed by atoms with E-state index in [9.17, 15) is 4.79 Å². The number of rotatable bonds is 10. The fourth-order valence-electron chi connectivity index (χ4n) is 3.52. The number of hydrogen-bond acceptors (Lipinski definition) is 4. The molecule has 6 nitrogen and oxygen atoms in total. The van der Waals surface area contributed by atoms with Gasteiger partial charge in [0.15, 0.2) is 0 Å². The molecule has 6 heteroatoms. The van der Waals surface area contributed by atoms with Gasteiger partial charge in [0.2, 0.25) is 0 Å². The highest BCUT2D eigenvalue weighted by molar-refractivity contribution is 5.91. The second kappa shape index (κ2) is 11.8. The molecule has 0 unspecified atom stereocenters. The Labute approximate surface area is 189 Å². The fourth-order valence-corrected chi connectivity index (χ4v) is 3.52. The first-order valence-electron chi connectivity index (χ1n) is 10.7. The number of carbonyl (C=O) groups excluding carboxylic acids is 1. The lowest BCUT2D eigenvalue weighted by molar-refractivity contribution is 0.252. The molecule has 0 radical (unpaired) electrons. The normalized spacial score (nSPS) is 12.0. The van der Waals surface area contributed by atoms with Crippen molar-refractivity contribution < 1.29 is 14.3 Å². The summed E-state index contributed by atoms with van der Waals surface area (Å²) in [4.78, 5) is 12.1. The third-order valence-electron chi connectivity index (χ3n) is 5.25. The topological polar surface area (TPSA) is 71.6 Å². The number of benzene rings is 3. The number of amides is 2. The van der Waals surface area contributed by atoms with Crippen molar-refractivity contribution in [1.29, 1.82) is 0 Å². The maximum Gasteiger partial charge on any atom is 0.319 e. The van der Waals surface area contributed by atoms with Gasteiger partial charge >= 0.3 is 6.03 Å². The van der Waals surface area contributed by atoms with Gasteiger partial charge < -0.3 is 25.4 Å². The average Bonchev–Trinajstić information content (AvgIpc) is 2.83. The molecule has 0 heterocycles. The van der Waals surface area contributed by atoms with E-state index in [-0.39, 0.29) is 12.1 Å². The fraction of sp³-hybridized carbons (Fsp3) is 0.269. The Balaban J connectivity index is 1.38. The Hall–Kier alpha value is -3.51. The summed E-state index contributed by atoms with van der Waals surface area (Å²) in [5.41, 5.74) is 1.89. The van der Waals surface area contributed by atoms with Gasteiger partial charge in [0.05, 0.1) is 19.9 Å². The van der Waals surface area contributed by atoms with Crippen molar-refractivity contribution in [3.05, 3.63) is 78.4 Å². The molecular weight excluding hydrogens is 402 g/mol. The molecule has 0 spiro atoms. The molecule has 0 saturated carbocycles. The van der Waals surface area contributed by atoms with E-state index in [1.165, 1.54) is 16.3 Å². The Kier molecular flexibility index (Phi) is 8.52. The van der Waals surface area contributed by atoms with Gasteiger partial charge in [-0.3, -0.25) is 0 Å². The van der Waals surface area contributed by atoms with Crippen molar-refractivity contribution in [2.24, 2.45) is 0 Å². The number of ether oxygens (including phenoxy) is 2. The first kappa shape index (κ1) is 23.2. The number of urea groups is 1. The minimum absolute atomic E-state index is 0.245. The molecule has 2 amide bonds. The lowest BCUT2D eigenvalue weighted by Gasteiger charge is -2.15. The van der Waals surface area contributed by atoms with Gasteiger partial charge in [-0.05, 0) is 41.8 Å². The third kappa shape index (κ3) is 6.25. The van der Waals surface area contributed by atoms with Crippen LogP contribution in [0.5, 0.6) is 11.5 Å². The van der Waals surface area contributed by atoms with Crippen molar-refractivity contribution in [2.75, 3.05) is 32.6 Å². The van der Waals surface area contributed by atoms with Gasteiger partial charge in [-0.25, -0.2) is 4.79 Å². The zero-order valence-corrected chi connectivity index (χ0v) is 18.9. The van der Waals surface area contributed by atoms with Crippen LogP contribution in [-0.4, -0.2) is 33.3 Å². The molecule has 3 aromatic rings. The predicted molar refractivity (Wildman–Crippen MR) is 131 cm³/mol. The van der Waals surface area contributed by atoms with Crippen LogP contribution in [0.1, 0.15) is 24.9 Å². The largest absolute Gasteiger partial charge is 0.497 e. The van der Waals surface area contributed by atoms with Crippen LogP contribution >= 0.6 is 0 Å². The number of hydrogen-bond donors (Lipinski definition) is 3. The molecule has 0 aliphatic heterocycles. The minimum atomic E-state index is -0.274.